The minimum absolute atomic E-state index is 0.0289. The first-order valence-corrected chi connectivity index (χ1v) is 5.34. The molecule has 74 valence electrons. The first-order chi connectivity index (χ1) is 6.11. The van der Waals surface area contributed by atoms with Gasteiger partial charge in [0.25, 0.3) is 0 Å². The minimum atomic E-state index is -0.550. The van der Waals surface area contributed by atoms with Crippen LogP contribution in [-0.4, -0.2) is 11.1 Å². The molecule has 4 atom stereocenters. The lowest BCUT2D eigenvalue weighted by Crippen LogP contribution is -2.32. The van der Waals surface area contributed by atoms with Gasteiger partial charge in [-0.05, 0) is 42.9 Å². The van der Waals surface area contributed by atoms with Crippen LogP contribution in [0.15, 0.2) is 0 Å². The van der Waals surface area contributed by atoms with Crippen molar-refractivity contribution in [2.24, 2.45) is 29.6 Å². The van der Waals surface area contributed by atoms with Gasteiger partial charge in [0.2, 0.25) is 0 Å². The van der Waals surface area contributed by atoms with Crippen LogP contribution in [0.1, 0.15) is 33.1 Å². The first-order valence-electron chi connectivity index (χ1n) is 5.34. The van der Waals surface area contributed by atoms with E-state index in [1.165, 1.54) is 12.8 Å². The van der Waals surface area contributed by atoms with E-state index in [0.717, 1.165) is 6.42 Å². The Bertz CT molecular complexity index is 222. The Kier molecular flexibility index (Phi) is 2.09. The van der Waals surface area contributed by atoms with Gasteiger partial charge in [0.1, 0.15) is 0 Å². The molecule has 2 aliphatic rings. The fraction of sp³-hybridized carbons (Fsp3) is 0.909. The molecule has 0 radical (unpaired) electrons. The predicted molar refractivity (Wildman–Crippen MR) is 50.3 cm³/mol. The third-order valence-electron chi connectivity index (χ3n) is 4.04. The molecule has 2 rings (SSSR count). The summed E-state index contributed by atoms with van der Waals surface area (Å²) in [6, 6.07) is 0. The molecule has 1 N–H and O–H groups in total. The van der Waals surface area contributed by atoms with Crippen molar-refractivity contribution in [3.63, 3.8) is 0 Å². The van der Waals surface area contributed by atoms with E-state index < -0.39 is 5.97 Å². The van der Waals surface area contributed by atoms with E-state index in [1.54, 1.807) is 0 Å². The maximum atomic E-state index is 11.1. The molecule has 2 nitrogen and oxygen atoms in total. The van der Waals surface area contributed by atoms with Crippen LogP contribution in [0.3, 0.4) is 0 Å². The predicted octanol–water partition coefficient (Wildman–Crippen LogP) is 2.39. The van der Waals surface area contributed by atoms with E-state index in [4.69, 9.17) is 5.11 Å². The molecule has 2 aliphatic carbocycles. The average molecular weight is 182 g/mol. The number of carboxylic acid groups (broad SMARTS) is 1. The summed E-state index contributed by atoms with van der Waals surface area (Å²) >= 11 is 0. The van der Waals surface area contributed by atoms with Gasteiger partial charge in [0, 0.05) is 0 Å². The van der Waals surface area contributed by atoms with E-state index in [0.29, 0.717) is 23.7 Å². The summed E-state index contributed by atoms with van der Waals surface area (Å²) in [7, 11) is 0. The lowest BCUT2D eigenvalue weighted by Gasteiger charge is -2.30. The van der Waals surface area contributed by atoms with E-state index in [1.807, 2.05) is 0 Å². The minimum Gasteiger partial charge on any atom is -0.481 e. The highest BCUT2D eigenvalue weighted by Crippen LogP contribution is 2.54. The van der Waals surface area contributed by atoms with Crippen molar-refractivity contribution < 1.29 is 9.90 Å². The summed E-state index contributed by atoms with van der Waals surface area (Å²) in [4.78, 5) is 11.1. The molecule has 2 saturated carbocycles. The third kappa shape index (κ3) is 1.27. The van der Waals surface area contributed by atoms with Crippen LogP contribution in [-0.2, 0) is 4.79 Å². The summed E-state index contributed by atoms with van der Waals surface area (Å²) in [6.45, 7) is 4.34. The van der Waals surface area contributed by atoms with Gasteiger partial charge in [0.05, 0.1) is 5.92 Å². The molecule has 0 amide bonds. The zero-order chi connectivity index (χ0) is 9.59. The van der Waals surface area contributed by atoms with Crippen LogP contribution in [0.25, 0.3) is 0 Å². The van der Waals surface area contributed by atoms with Gasteiger partial charge in [-0.1, -0.05) is 13.8 Å². The van der Waals surface area contributed by atoms with Crippen molar-refractivity contribution in [3.05, 3.63) is 0 Å². The zero-order valence-electron chi connectivity index (χ0n) is 8.36. The number of hydrogen-bond acceptors (Lipinski definition) is 1. The molecule has 0 aromatic heterocycles. The highest BCUT2D eigenvalue weighted by molar-refractivity contribution is 5.71. The van der Waals surface area contributed by atoms with Crippen molar-refractivity contribution in [3.8, 4) is 0 Å². The third-order valence-corrected chi connectivity index (χ3v) is 4.04. The Morgan fingerprint density at radius 1 is 1.31 bits per heavy atom. The maximum Gasteiger partial charge on any atom is 0.307 e. The number of carbonyl (C=O) groups is 1. The summed E-state index contributed by atoms with van der Waals surface area (Å²) in [6.07, 6.45) is 3.61. The molecule has 0 aromatic rings. The Balaban J connectivity index is 2.20. The highest BCUT2D eigenvalue weighted by atomic mass is 16.4. The molecule has 0 aliphatic heterocycles. The first kappa shape index (κ1) is 9.04. The van der Waals surface area contributed by atoms with Crippen LogP contribution in [0.2, 0.25) is 0 Å². The number of rotatable bonds is 2. The Hall–Kier alpha value is -0.530. The van der Waals surface area contributed by atoms with Gasteiger partial charge >= 0.3 is 5.97 Å². The van der Waals surface area contributed by atoms with Gasteiger partial charge in [-0.15, -0.1) is 0 Å². The smallest absolute Gasteiger partial charge is 0.307 e. The lowest BCUT2D eigenvalue weighted by molar-refractivity contribution is -0.146. The fourth-order valence-corrected chi connectivity index (χ4v) is 3.66. The van der Waals surface area contributed by atoms with E-state index in [9.17, 15) is 4.79 Å². The Morgan fingerprint density at radius 3 is 2.38 bits per heavy atom. The molecule has 0 unspecified atom stereocenters. The SMILES string of the molecule is CC(C)[C@@H]1[C@H]2CC[C@@H](C2)[C@@H]1C(=O)O. The van der Waals surface area contributed by atoms with Gasteiger partial charge in [-0.2, -0.15) is 0 Å². The fourth-order valence-electron chi connectivity index (χ4n) is 3.66. The summed E-state index contributed by atoms with van der Waals surface area (Å²) < 4.78 is 0. The zero-order valence-corrected chi connectivity index (χ0v) is 8.36. The van der Waals surface area contributed by atoms with Crippen LogP contribution >= 0.6 is 0 Å². The highest BCUT2D eigenvalue weighted by Gasteiger charge is 2.51. The van der Waals surface area contributed by atoms with Gasteiger partial charge in [-0.3, -0.25) is 4.79 Å². The van der Waals surface area contributed by atoms with Crippen LogP contribution in [0.5, 0.6) is 0 Å². The number of hydrogen-bond donors (Lipinski definition) is 1. The Morgan fingerprint density at radius 2 is 1.92 bits per heavy atom. The summed E-state index contributed by atoms with van der Waals surface area (Å²) in [5, 5.41) is 9.15. The van der Waals surface area contributed by atoms with E-state index >= 15 is 0 Å². The molecule has 0 saturated heterocycles. The summed E-state index contributed by atoms with van der Waals surface area (Å²) in [5.41, 5.74) is 0. The molecule has 0 heterocycles. The quantitative estimate of drug-likeness (QED) is 0.712. The van der Waals surface area contributed by atoms with Crippen LogP contribution in [0.4, 0.5) is 0 Å². The van der Waals surface area contributed by atoms with Crippen LogP contribution < -0.4 is 0 Å². The monoisotopic (exact) mass is 182 g/mol. The summed E-state index contributed by atoms with van der Waals surface area (Å²) in [5.74, 6) is 1.62. The van der Waals surface area contributed by atoms with Crippen molar-refractivity contribution in [1.82, 2.24) is 0 Å². The van der Waals surface area contributed by atoms with Crippen LogP contribution in [0, 0.1) is 29.6 Å². The standard InChI is InChI=1S/C11H18O2/c1-6(2)9-7-3-4-8(5-7)10(9)11(12)13/h6-10H,3-5H2,1-2H3,(H,12,13)/t7-,8-,9+,10-/m0/s1. The molecule has 2 fully saturated rings. The van der Waals surface area contributed by atoms with Crippen molar-refractivity contribution in [1.29, 1.82) is 0 Å². The normalized spacial score (nSPS) is 43.0. The second-order valence-electron chi connectivity index (χ2n) is 5.02. The van der Waals surface area contributed by atoms with Crippen molar-refractivity contribution >= 4 is 5.97 Å². The second-order valence-corrected chi connectivity index (χ2v) is 5.02. The lowest BCUT2D eigenvalue weighted by atomic mass is 9.73. The van der Waals surface area contributed by atoms with Gasteiger partial charge < -0.3 is 5.11 Å². The molecule has 2 heteroatoms. The molecule has 0 spiro atoms. The molecular weight excluding hydrogens is 164 g/mol. The number of fused-ring (bicyclic) bond motifs is 2. The van der Waals surface area contributed by atoms with Crippen molar-refractivity contribution in [2.75, 3.05) is 0 Å². The Labute approximate surface area is 79.3 Å². The maximum absolute atomic E-state index is 11.1. The second kappa shape index (κ2) is 3.00. The molecule has 0 aromatic carbocycles. The average Bonchev–Trinajstić information content (AvgIpc) is 2.60. The van der Waals surface area contributed by atoms with E-state index in [2.05, 4.69) is 13.8 Å². The largest absolute Gasteiger partial charge is 0.481 e. The molecule has 13 heavy (non-hydrogen) atoms. The van der Waals surface area contributed by atoms with E-state index in [-0.39, 0.29) is 5.92 Å². The topological polar surface area (TPSA) is 37.3 Å². The molecule has 2 bridgehead atoms. The van der Waals surface area contributed by atoms with Gasteiger partial charge in [0.15, 0.2) is 0 Å². The molecular formula is C11H18O2. The number of aliphatic carboxylic acids is 1. The van der Waals surface area contributed by atoms with Gasteiger partial charge in [-0.25, -0.2) is 0 Å². The number of carboxylic acids is 1. The van der Waals surface area contributed by atoms with Crippen molar-refractivity contribution in [2.45, 2.75) is 33.1 Å².